The number of rotatable bonds is 5. The fourth-order valence-electron chi connectivity index (χ4n) is 5.97. The predicted molar refractivity (Wildman–Crippen MR) is 169 cm³/mol. The van der Waals surface area contributed by atoms with E-state index >= 15 is 0 Å². The van der Waals surface area contributed by atoms with Crippen molar-refractivity contribution < 1.29 is 0 Å². The molecule has 0 spiro atoms. The number of aromatic nitrogens is 7. The van der Waals surface area contributed by atoms with Crippen molar-refractivity contribution in [2.45, 2.75) is 0 Å². The standard InChI is InChI=1S/C36H23N7/c1-2-10-24(11-3-1)43-33-27(25-12-4-6-14-31(25)35-39-20-37-21-40-35)16-8-18-29(33)30-19-9-17-28(34(30)43)26-13-5-7-15-32(26)36-41-22-38-23-42-36/h1-23H. The molecule has 0 saturated carbocycles. The van der Waals surface area contributed by atoms with Gasteiger partial charge in [-0.25, -0.2) is 29.9 Å². The highest BCUT2D eigenvalue weighted by molar-refractivity contribution is 6.18. The van der Waals surface area contributed by atoms with Crippen LogP contribution >= 0.6 is 0 Å². The number of hydrogen-bond acceptors (Lipinski definition) is 6. The average molecular weight is 554 g/mol. The Hall–Kier alpha value is -6.08. The largest absolute Gasteiger partial charge is 0.308 e. The molecule has 0 aliphatic heterocycles. The molecule has 8 rings (SSSR count). The lowest BCUT2D eigenvalue weighted by atomic mass is 9.95. The molecule has 0 unspecified atom stereocenters. The van der Waals surface area contributed by atoms with Gasteiger partial charge in [-0.1, -0.05) is 103 Å². The molecule has 0 N–H and O–H groups in total. The Kier molecular flexibility index (Phi) is 5.97. The quantitative estimate of drug-likeness (QED) is 0.216. The Morgan fingerprint density at radius 3 is 1.21 bits per heavy atom. The van der Waals surface area contributed by atoms with Gasteiger partial charge >= 0.3 is 0 Å². The summed E-state index contributed by atoms with van der Waals surface area (Å²) in [5.74, 6) is 1.27. The van der Waals surface area contributed by atoms with Crippen molar-refractivity contribution in [2.75, 3.05) is 0 Å². The van der Waals surface area contributed by atoms with E-state index in [0.29, 0.717) is 11.6 Å². The minimum Gasteiger partial charge on any atom is -0.308 e. The van der Waals surface area contributed by atoms with Gasteiger partial charge in [-0.2, -0.15) is 0 Å². The Morgan fingerprint density at radius 2 is 0.744 bits per heavy atom. The number of para-hydroxylation sites is 3. The van der Waals surface area contributed by atoms with Crippen LogP contribution in [0.1, 0.15) is 0 Å². The normalized spacial score (nSPS) is 11.3. The third-order valence-electron chi connectivity index (χ3n) is 7.73. The van der Waals surface area contributed by atoms with E-state index in [1.165, 1.54) is 25.3 Å². The Morgan fingerprint density at radius 1 is 0.349 bits per heavy atom. The highest BCUT2D eigenvalue weighted by Gasteiger charge is 2.22. The number of benzene rings is 5. The smallest absolute Gasteiger partial charge is 0.163 e. The maximum atomic E-state index is 4.49. The molecule has 0 radical (unpaired) electrons. The van der Waals surface area contributed by atoms with Gasteiger partial charge in [0.25, 0.3) is 0 Å². The Bertz CT molecular complexity index is 2090. The molecule has 0 atom stereocenters. The predicted octanol–water partition coefficient (Wildman–Crippen LogP) is 7.82. The van der Waals surface area contributed by atoms with E-state index in [0.717, 1.165) is 60.9 Å². The zero-order valence-corrected chi connectivity index (χ0v) is 22.9. The average Bonchev–Trinajstić information content (AvgIpc) is 3.44. The third-order valence-corrected chi connectivity index (χ3v) is 7.73. The van der Waals surface area contributed by atoms with Gasteiger partial charge in [0.15, 0.2) is 11.6 Å². The molecule has 3 heterocycles. The first kappa shape index (κ1) is 24.7. The second-order valence-electron chi connectivity index (χ2n) is 10.1. The fourth-order valence-corrected chi connectivity index (χ4v) is 5.97. The van der Waals surface area contributed by atoms with Crippen molar-refractivity contribution >= 4 is 21.8 Å². The second-order valence-corrected chi connectivity index (χ2v) is 10.1. The van der Waals surface area contributed by atoms with Crippen molar-refractivity contribution in [1.29, 1.82) is 0 Å². The van der Waals surface area contributed by atoms with Crippen LogP contribution in [0.2, 0.25) is 0 Å². The van der Waals surface area contributed by atoms with Crippen molar-refractivity contribution in [2.24, 2.45) is 0 Å². The van der Waals surface area contributed by atoms with E-state index < -0.39 is 0 Å². The van der Waals surface area contributed by atoms with Gasteiger partial charge in [0.05, 0.1) is 11.0 Å². The second kappa shape index (κ2) is 10.4. The number of hydrogen-bond donors (Lipinski definition) is 0. The van der Waals surface area contributed by atoms with E-state index in [1.54, 1.807) is 0 Å². The van der Waals surface area contributed by atoms with E-state index in [9.17, 15) is 0 Å². The van der Waals surface area contributed by atoms with Crippen molar-refractivity contribution in [1.82, 2.24) is 34.5 Å². The minimum absolute atomic E-state index is 0.636. The SMILES string of the molecule is c1ccc(-n2c3c(-c4ccccc4-c4ncncn4)cccc3c3cccc(-c4ccccc4-c4ncncn4)c32)cc1. The lowest BCUT2D eigenvalue weighted by Gasteiger charge is -2.16. The fraction of sp³-hybridized carbons (Fsp3) is 0. The van der Waals surface area contributed by atoms with E-state index in [4.69, 9.17) is 0 Å². The molecule has 0 aliphatic rings. The van der Waals surface area contributed by atoms with E-state index in [-0.39, 0.29) is 0 Å². The van der Waals surface area contributed by atoms with Gasteiger partial charge in [-0.3, -0.25) is 0 Å². The summed E-state index contributed by atoms with van der Waals surface area (Å²) in [7, 11) is 0. The maximum absolute atomic E-state index is 4.49. The van der Waals surface area contributed by atoms with Crippen LogP contribution in [-0.4, -0.2) is 34.5 Å². The lowest BCUT2D eigenvalue weighted by molar-refractivity contribution is 1.06. The van der Waals surface area contributed by atoms with Crippen LogP contribution in [0.5, 0.6) is 0 Å². The van der Waals surface area contributed by atoms with Crippen LogP contribution in [0, 0.1) is 0 Å². The molecule has 0 aliphatic carbocycles. The summed E-state index contributed by atoms with van der Waals surface area (Å²) in [5.41, 5.74) is 9.45. The van der Waals surface area contributed by atoms with Crippen LogP contribution in [0.3, 0.4) is 0 Å². The molecule has 8 aromatic rings. The van der Waals surface area contributed by atoms with Gasteiger partial charge in [-0.15, -0.1) is 0 Å². The zero-order valence-electron chi connectivity index (χ0n) is 22.9. The van der Waals surface area contributed by atoms with E-state index in [2.05, 4.69) is 132 Å². The van der Waals surface area contributed by atoms with Crippen molar-refractivity contribution in [3.05, 3.63) is 141 Å². The van der Waals surface area contributed by atoms with Gasteiger partial charge in [-0.05, 0) is 23.3 Å². The van der Waals surface area contributed by atoms with Gasteiger partial charge in [0.1, 0.15) is 25.3 Å². The van der Waals surface area contributed by atoms with E-state index in [1.807, 2.05) is 18.2 Å². The summed E-state index contributed by atoms with van der Waals surface area (Å²) in [6.07, 6.45) is 6.15. The topological polar surface area (TPSA) is 82.3 Å². The zero-order chi connectivity index (χ0) is 28.6. The monoisotopic (exact) mass is 553 g/mol. The summed E-state index contributed by atoms with van der Waals surface area (Å²) in [6.45, 7) is 0. The molecule has 0 fully saturated rings. The summed E-state index contributed by atoms with van der Waals surface area (Å²) in [6, 6.07) is 40.1. The summed E-state index contributed by atoms with van der Waals surface area (Å²) in [5, 5.41) is 2.31. The molecular formula is C36H23N7. The number of fused-ring (bicyclic) bond motifs is 3. The highest BCUT2D eigenvalue weighted by atomic mass is 15.0. The molecule has 0 amide bonds. The summed E-state index contributed by atoms with van der Waals surface area (Å²) in [4.78, 5) is 26.0. The molecule has 0 saturated heterocycles. The molecule has 7 heteroatoms. The Balaban J connectivity index is 1.51. The first-order chi connectivity index (χ1) is 21.4. The molecule has 3 aromatic heterocycles. The number of nitrogens with zero attached hydrogens (tertiary/aromatic N) is 7. The van der Waals surface area contributed by atoms with Crippen LogP contribution in [0.4, 0.5) is 0 Å². The molecule has 5 aromatic carbocycles. The summed E-state index contributed by atoms with van der Waals surface area (Å²) < 4.78 is 2.38. The lowest BCUT2D eigenvalue weighted by Crippen LogP contribution is -1.99. The van der Waals surface area contributed by atoms with Gasteiger partial charge < -0.3 is 4.57 Å². The first-order valence-electron chi connectivity index (χ1n) is 13.9. The van der Waals surface area contributed by atoms with Gasteiger partial charge in [0.2, 0.25) is 0 Å². The molecule has 0 bridgehead atoms. The molecule has 43 heavy (non-hydrogen) atoms. The summed E-state index contributed by atoms with van der Waals surface area (Å²) >= 11 is 0. The first-order valence-corrected chi connectivity index (χ1v) is 13.9. The van der Waals surface area contributed by atoms with Crippen molar-refractivity contribution in [3.8, 4) is 50.7 Å². The van der Waals surface area contributed by atoms with Crippen LogP contribution in [0.25, 0.3) is 72.5 Å². The Labute approximate surface area is 247 Å². The maximum Gasteiger partial charge on any atom is 0.163 e. The third kappa shape index (κ3) is 4.14. The van der Waals surface area contributed by atoms with Crippen LogP contribution in [0.15, 0.2) is 141 Å². The minimum atomic E-state index is 0.636. The molecule has 202 valence electrons. The molecular weight excluding hydrogens is 530 g/mol. The van der Waals surface area contributed by atoms with Crippen LogP contribution < -0.4 is 0 Å². The van der Waals surface area contributed by atoms with Crippen molar-refractivity contribution in [3.63, 3.8) is 0 Å². The highest BCUT2D eigenvalue weighted by Crippen LogP contribution is 2.44. The molecule has 7 nitrogen and oxygen atoms in total. The van der Waals surface area contributed by atoms with Gasteiger partial charge in [0, 0.05) is 38.7 Å². The van der Waals surface area contributed by atoms with Crippen LogP contribution in [-0.2, 0) is 0 Å².